The van der Waals surface area contributed by atoms with Gasteiger partial charge in [-0.1, -0.05) is 4.49 Å². The van der Waals surface area contributed by atoms with Gasteiger partial charge in [0.2, 0.25) is 5.41 Å². The lowest BCUT2D eigenvalue weighted by molar-refractivity contribution is -0.183. The zero-order valence-electron chi connectivity index (χ0n) is 17.2. The van der Waals surface area contributed by atoms with Gasteiger partial charge in [-0.2, -0.15) is 5.10 Å². The van der Waals surface area contributed by atoms with Gasteiger partial charge < -0.3 is 24.7 Å². The van der Waals surface area contributed by atoms with Gasteiger partial charge in [-0.3, -0.25) is 19.2 Å². The molecule has 0 aliphatic heterocycles. The summed E-state index contributed by atoms with van der Waals surface area (Å²) in [7, 11) is 3.82. The summed E-state index contributed by atoms with van der Waals surface area (Å²) in [6.07, 6.45) is 0. The van der Waals surface area contributed by atoms with Gasteiger partial charge in [0, 0.05) is 5.38 Å². The fourth-order valence-corrected chi connectivity index (χ4v) is 3.51. The van der Waals surface area contributed by atoms with E-state index >= 15 is 0 Å². The maximum atomic E-state index is 13.1. The quantitative estimate of drug-likeness (QED) is 0.150. The number of nitrogens with two attached hydrogens (primary N) is 1. The number of urea groups is 1. The van der Waals surface area contributed by atoms with Crippen molar-refractivity contribution in [1.29, 1.82) is 0 Å². The molecule has 1 rings (SSSR count). The van der Waals surface area contributed by atoms with Crippen LogP contribution in [-0.2, 0) is 38.1 Å². The standard InChI is InChI=1S/C16H21N5O9S/c1-7(18-20-15(17)26)9(11(22)27-2)16(13(24)29-4,14(25)30-5)10(12(23)28-3)8-6-31-21-19-8/h6,9-10H,1-5H3,(H3,17,20,26)/b18-7+. The van der Waals surface area contributed by atoms with Crippen molar-refractivity contribution >= 4 is 47.2 Å². The first-order valence-corrected chi connectivity index (χ1v) is 9.16. The Balaban J connectivity index is 4.08. The number of aromatic nitrogens is 2. The molecule has 31 heavy (non-hydrogen) atoms. The van der Waals surface area contributed by atoms with E-state index in [1.54, 1.807) is 0 Å². The molecule has 0 aliphatic rings. The summed E-state index contributed by atoms with van der Waals surface area (Å²) in [6.45, 7) is 1.19. The van der Waals surface area contributed by atoms with Gasteiger partial charge in [0.05, 0.1) is 39.8 Å². The van der Waals surface area contributed by atoms with Crippen LogP contribution in [0, 0.1) is 11.3 Å². The number of carbonyl (C=O) groups is 5. The topological polar surface area (TPSA) is 198 Å². The van der Waals surface area contributed by atoms with Gasteiger partial charge >= 0.3 is 29.9 Å². The monoisotopic (exact) mass is 459 g/mol. The SMILES string of the molecule is COC(=O)C(/C(C)=N/NC(N)=O)C(C(=O)OC)(C(=O)OC)C(C(=O)OC)c1csnn1. The Bertz CT molecular complexity index is 855. The van der Waals surface area contributed by atoms with Crippen LogP contribution in [0.1, 0.15) is 18.5 Å². The van der Waals surface area contributed by atoms with Crippen LogP contribution < -0.4 is 11.2 Å². The third kappa shape index (κ3) is 4.93. The largest absolute Gasteiger partial charge is 0.468 e. The van der Waals surface area contributed by atoms with Crippen molar-refractivity contribution in [1.82, 2.24) is 15.0 Å². The van der Waals surface area contributed by atoms with Crippen LogP contribution in [0.5, 0.6) is 0 Å². The summed E-state index contributed by atoms with van der Waals surface area (Å²) in [5.74, 6) is -8.82. The molecule has 2 unspecified atom stereocenters. The molecule has 0 aromatic carbocycles. The average molecular weight is 459 g/mol. The van der Waals surface area contributed by atoms with E-state index < -0.39 is 47.2 Å². The molecule has 1 aromatic heterocycles. The molecule has 2 atom stereocenters. The van der Waals surface area contributed by atoms with Crippen LogP contribution in [0.15, 0.2) is 10.5 Å². The minimum Gasteiger partial charge on any atom is -0.468 e. The highest BCUT2D eigenvalue weighted by Gasteiger charge is 2.67. The van der Waals surface area contributed by atoms with Gasteiger partial charge in [0.1, 0.15) is 11.8 Å². The average Bonchev–Trinajstić information content (AvgIpc) is 3.29. The lowest BCUT2D eigenvalue weighted by Crippen LogP contribution is -2.58. The number of primary amides is 1. The number of nitrogens with zero attached hydrogens (tertiary/aromatic N) is 3. The van der Waals surface area contributed by atoms with Gasteiger partial charge in [-0.05, 0) is 18.5 Å². The van der Waals surface area contributed by atoms with Crippen LogP contribution in [-0.4, -0.2) is 73.6 Å². The summed E-state index contributed by atoms with van der Waals surface area (Å²) < 4.78 is 22.8. The molecule has 3 N–H and O–H groups in total. The number of carbonyl (C=O) groups excluding carboxylic acids is 5. The number of hydrazone groups is 1. The molecule has 0 fully saturated rings. The first-order chi connectivity index (χ1) is 14.6. The maximum Gasteiger partial charge on any atom is 0.332 e. The maximum absolute atomic E-state index is 13.1. The molecule has 15 heteroatoms. The van der Waals surface area contributed by atoms with E-state index in [1.807, 2.05) is 5.43 Å². The molecule has 0 saturated carbocycles. The Labute approximate surface area is 180 Å². The third-order valence-corrected chi connectivity index (χ3v) is 4.79. The van der Waals surface area contributed by atoms with Crippen molar-refractivity contribution in [3.8, 4) is 0 Å². The van der Waals surface area contributed by atoms with Crippen LogP contribution in [0.25, 0.3) is 0 Å². The minimum atomic E-state index is -2.76. The molecular formula is C16H21N5O9S. The van der Waals surface area contributed by atoms with Crippen molar-refractivity contribution in [3.05, 3.63) is 11.1 Å². The van der Waals surface area contributed by atoms with Crippen molar-refractivity contribution in [3.63, 3.8) is 0 Å². The molecule has 1 aromatic rings. The first kappa shape index (κ1) is 25.4. The molecule has 0 saturated heterocycles. The summed E-state index contributed by atoms with van der Waals surface area (Å²) in [5, 5.41) is 8.66. The van der Waals surface area contributed by atoms with Crippen molar-refractivity contribution in [2.75, 3.05) is 28.4 Å². The molecule has 0 spiro atoms. The van der Waals surface area contributed by atoms with Gasteiger partial charge in [0.25, 0.3) is 0 Å². The Kier molecular flexibility index (Phi) is 8.98. The molecule has 170 valence electrons. The smallest absolute Gasteiger partial charge is 0.332 e. The second-order valence-corrected chi connectivity index (χ2v) is 6.43. The Hall–Kier alpha value is -3.62. The van der Waals surface area contributed by atoms with E-state index in [2.05, 4.69) is 14.7 Å². The van der Waals surface area contributed by atoms with E-state index in [-0.39, 0.29) is 11.4 Å². The molecule has 14 nitrogen and oxygen atoms in total. The lowest BCUT2D eigenvalue weighted by atomic mass is 9.63. The molecule has 2 amide bonds. The predicted octanol–water partition coefficient (Wildman–Crippen LogP) is -1.04. The summed E-state index contributed by atoms with van der Waals surface area (Å²) >= 11 is 0.806. The normalized spacial score (nSPS) is 13.4. The van der Waals surface area contributed by atoms with Gasteiger partial charge in [-0.25, -0.2) is 10.2 Å². The van der Waals surface area contributed by atoms with E-state index in [4.69, 9.17) is 24.7 Å². The highest BCUT2D eigenvalue weighted by atomic mass is 32.1. The lowest BCUT2D eigenvalue weighted by Gasteiger charge is -2.37. The highest BCUT2D eigenvalue weighted by Crippen LogP contribution is 2.46. The molecule has 0 bridgehead atoms. The van der Waals surface area contributed by atoms with E-state index in [0.717, 1.165) is 40.0 Å². The number of methoxy groups -OCH3 is 4. The van der Waals surface area contributed by atoms with Crippen LogP contribution in [0.3, 0.4) is 0 Å². The second kappa shape index (κ2) is 11.0. The second-order valence-electron chi connectivity index (χ2n) is 5.82. The van der Waals surface area contributed by atoms with Crippen LogP contribution >= 0.6 is 11.5 Å². The summed E-state index contributed by atoms with van der Waals surface area (Å²) in [4.78, 5) is 63.0. The van der Waals surface area contributed by atoms with E-state index in [0.29, 0.717) is 0 Å². The van der Waals surface area contributed by atoms with Crippen LogP contribution in [0.4, 0.5) is 4.79 Å². The minimum absolute atomic E-state index is 0.183. The molecular weight excluding hydrogens is 438 g/mol. The number of esters is 4. The zero-order chi connectivity index (χ0) is 23.8. The van der Waals surface area contributed by atoms with Crippen molar-refractivity contribution in [2.24, 2.45) is 22.2 Å². The molecule has 1 heterocycles. The fraction of sp³-hybridized carbons (Fsp3) is 0.500. The van der Waals surface area contributed by atoms with Gasteiger partial charge in [0.15, 0.2) is 0 Å². The molecule has 0 aliphatic carbocycles. The van der Waals surface area contributed by atoms with Crippen molar-refractivity contribution < 1.29 is 42.9 Å². The zero-order valence-corrected chi connectivity index (χ0v) is 18.1. The summed E-state index contributed by atoms with van der Waals surface area (Å²) in [6, 6.07) is -1.10. The Morgan fingerprint density at radius 3 is 1.97 bits per heavy atom. The molecule has 0 radical (unpaired) electrons. The van der Waals surface area contributed by atoms with E-state index in [9.17, 15) is 24.0 Å². The third-order valence-electron chi connectivity index (χ3n) is 4.26. The number of hydrogen-bond acceptors (Lipinski definition) is 13. The Morgan fingerprint density at radius 1 is 1.03 bits per heavy atom. The highest BCUT2D eigenvalue weighted by molar-refractivity contribution is 7.03. The predicted molar refractivity (Wildman–Crippen MR) is 102 cm³/mol. The number of ether oxygens (including phenoxy) is 4. The van der Waals surface area contributed by atoms with Crippen LogP contribution in [0.2, 0.25) is 0 Å². The van der Waals surface area contributed by atoms with Crippen molar-refractivity contribution in [2.45, 2.75) is 12.8 Å². The Morgan fingerprint density at radius 2 is 1.58 bits per heavy atom. The number of rotatable bonds is 9. The van der Waals surface area contributed by atoms with E-state index in [1.165, 1.54) is 12.3 Å². The number of amides is 2. The fourth-order valence-electron chi connectivity index (χ4n) is 3.03. The number of hydrogen-bond donors (Lipinski definition) is 2. The number of nitrogens with one attached hydrogen (secondary N) is 1. The van der Waals surface area contributed by atoms with Gasteiger partial charge in [-0.15, -0.1) is 5.10 Å². The summed E-state index contributed by atoms with van der Waals surface area (Å²) in [5.41, 5.74) is 3.59. The first-order valence-electron chi connectivity index (χ1n) is 8.32.